The Morgan fingerprint density at radius 1 is 1.53 bits per heavy atom. The number of nitrogens with two attached hydrogens (primary N) is 1. The van der Waals surface area contributed by atoms with Crippen LogP contribution in [0.2, 0.25) is 0 Å². The lowest BCUT2D eigenvalue weighted by molar-refractivity contribution is -0.117. The Balaban J connectivity index is 2.07. The van der Waals surface area contributed by atoms with Crippen LogP contribution in [-0.4, -0.2) is 5.91 Å². The van der Waals surface area contributed by atoms with Crippen molar-refractivity contribution in [2.75, 3.05) is 11.1 Å². The highest BCUT2D eigenvalue weighted by atomic mass is 19.1. The molecule has 1 aliphatic rings. The Morgan fingerprint density at radius 2 is 2.20 bits per heavy atom. The summed E-state index contributed by atoms with van der Waals surface area (Å²) in [6.07, 6.45) is 0.913. The lowest BCUT2D eigenvalue weighted by Crippen LogP contribution is -2.14. The van der Waals surface area contributed by atoms with Gasteiger partial charge < -0.3 is 11.1 Å². The first-order chi connectivity index (χ1) is 7.06. The van der Waals surface area contributed by atoms with E-state index in [9.17, 15) is 9.18 Å². The van der Waals surface area contributed by atoms with Gasteiger partial charge in [-0.1, -0.05) is 6.92 Å². The molecule has 0 aromatic heterocycles. The highest BCUT2D eigenvalue weighted by Gasteiger charge is 2.39. The highest BCUT2D eigenvalue weighted by molar-refractivity contribution is 5.94. The maximum absolute atomic E-state index is 12.9. The first-order valence-corrected chi connectivity index (χ1v) is 4.93. The van der Waals surface area contributed by atoms with Crippen LogP contribution < -0.4 is 11.1 Å². The van der Waals surface area contributed by atoms with Crippen LogP contribution >= 0.6 is 0 Å². The molecule has 0 heterocycles. The molecule has 1 saturated carbocycles. The Morgan fingerprint density at radius 3 is 2.73 bits per heavy atom. The van der Waals surface area contributed by atoms with E-state index in [1.807, 2.05) is 6.92 Å². The topological polar surface area (TPSA) is 55.1 Å². The van der Waals surface area contributed by atoms with Gasteiger partial charge in [0, 0.05) is 17.3 Å². The molecule has 2 rings (SSSR count). The zero-order valence-electron chi connectivity index (χ0n) is 8.46. The summed E-state index contributed by atoms with van der Waals surface area (Å²) in [4.78, 5) is 11.5. The van der Waals surface area contributed by atoms with Crippen LogP contribution in [0.3, 0.4) is 0 Å². The zero-order chi connectivity index (χ0) is 11.0. The molecule has 3 nitrogen and oxygen atoms in total. The van der Waals surface area contributed by atoms with Crippen molar-refractivity contribution < 1.29 is 9.18 Å². The molecule has 80 valence electrons. The van der Waals surface area contributed by atoms with Gasteiger partial charge in [-0.2, -0.15) is 0 Å². The van der Waals surface area contributed by atoms with Crippen LogP contribution in [0.5, 0.6) is 0 Å². The zero-order valence-corrected chi connectivity index (χ0v) is 8.46. The summed E-state index contributed by atoms with van der Waals surface area (Å²) >= 11 is 0. The molecule has 1 aliphatic carbocycles. The second-order valence-corrected chi connectivity index (χ2v) is 4.08. The van der Waals surface area contributed by atoms with Crippen LogP contribution in [0.15, 0.2) is 18.2 Å². The van der Waals surface area contributed by atoms with Gasteiger partial charge in [-0.3, -0.25) is 4.79 Å². The molecular formula is C11H13FN2O. The molecule has 0 spiro atoms. The summed E-state index contributed by atoms with van der Waals surface area (Å²) < 4.78 is 12.9. The van der Waals surface area contributed by atoms with Crippen molar-refractivity contribution >= 4 is 17.3 Å². The van der Waals surface area contributed by atoms with Crippen molar-refractivity contribution in [1.82, 2.24) is 0 Å². The molecule has 4 heteroatoms. The Labute approximate surface area is 87.5 Å². The molecule has 0 radical (unpaired) electrons. The predicted molar refractivity (Wildman–Crippen MR) is 56.7 cm³/mol. The summed E-state index contributed by atoms with van der Waals surface area (Å²) in [7, 11) is 0. The minimum atomic E-state index is -0.436. The van der Waals surface area contributed by atoms with Crippen LogP contribution in [0.1, 0.15) is 13.3 Å². The predicted octanol–water partition coefficient (Wildman–Crippen LogP) is 2.00. The fourth-order valence-corrected chi connectivity index (χ4v) is 1.61. The number of halogens is 1. The number of nitrogen functional groups attached to an aromatic ring is 1. The van der Waals surface area contributed by atoms with E-state index in [1.54, 1.807) is 6.07 Å². The summed E-state index contributed by atoms with van der Waals surface area (Å²) in [5.74, 6) is 0.0343. The minimum Gasteiger partial charge on any atom is -0.399 e. The lowest BCUT2D eigenvalue weighted by Gasteiger charge is -2.05. The van der Waals surface area contributed by atoms with Crippen LogP contribution in [0, 0.1) is 17.7 Å². The summed E-state index contributed by atoms with van der Waals surface area (Å²) in [6.45, 7) is 2.02. The maximum atomic E-state index is 12.9. The number of anilines is 2. The minimum absolute atomic E-state index is 0.0486. The van der Waals surface area contributed by atoms with Crippen molar-refractivity contribution in [2.24, 2.45) is 11.8 Å². The van der Waals surface area contributed by atoms with Crippen molar-refractivity contribution in [2.45, 2.75) is 13.3 Å². The normalized spacial score (nSPS) is 23.6. The summed E-state index contributed by atoms with van der Waals surface area (Å²) in [5.41, 5.74) is 6.20. The standard InChI is InChI=1S/C11H13FN2O/c1-6-2-10(6)11(15)14-9-4-7(12)3-8(13)5-9/h3-6,10H,2,13H2,1H3,(H,14,15). The van der Waals surface area contributed by atoms with Crippen molar-refractivity contribution in [3.8, 4) is 0 Å². The number of hydrogen-bond donors (Lipinski definition) is 2. The van der Waals surface area contributed by atoms with Gasteiger partial charge in [-0.05, 0) is 30.5 Å². The first-order valence-electron chi connectivity index (χ1n) is 4.93. The Bertz CT molecular complexity index is 385. The van der Waals surface area contributed by atoms with E-state index in [-0.39, 0.29) is 11.8 Å². The molecular weight excluding hydrogens is 195 g/mol. The van der Waals surface area contributed by atoms with Crippen molar-refractivity contribution in [3.63, 3.8) is 0 Å². The van der Waals surface area contributed by atoms with E-state index in [1.165, 1.54) is 12.1 Å². The Hall–Kier alpha value is -1.58. The second-order valence-electron chi connectivity index (χ2n) is 4.08. The Kier molecular flexibility index (Phi) is 2.34. The van der Waals surface area contributed by atoms with E-state index in [0.717, 1.165) is 6.42 Å². The van der Waals surface area contributed by atoms with Gasteiger partial charge in [0.05, 0.1) is 0 Å². The molecule has 1 amide bonds. The average molecular weight is 208 g/mol. The van der Waals surface area contributed by atoms with Gasteiger partial charge in [0.1, 0.15) is 5.82 Å². The third-order valence-corrected chi connectivity index (χ3v) is 2.63. The number of carbonyl (C=O) groups excluding carboxylic acids is 1. The molecule has 15 heavy (non-hydrogen) atoms. The third-order valence-electron chi connectivity index (χ3n) is 2.63. The fourth-order valence-electron chi connectivity index (χ4n) is 1.61. The second kappa shape index (κ2) is 3.53. The van der Waals surface area contributed by atoms with E-state index in [4.69, 9.17) is 5.73 Å². The number of carbonyl (C=O) groups is 1. The van der Waals surface area contributed by atoms with E-state index >= 15 is 0 Å². The molecule has 2 atom stereocenters. The largest absolute Gasteiger partial charge is 0.399 e. The number of benzene rings is 1. The van der Waals surface area contributed by atoms with Gasteiger partial charge in [-0.25, -0.2) is 4.39 Å². The molecule has 1 aromatic rings. The number of hydrogen-bond acceptors (Lipinski definition) is 2. The summed E-state index contributed by atoms with van der Waals surface area (Å²) in [6, 6.07) is 4.03. The van der Waals surface area contributed by atoms with Crippen LogP contribution in [-0.2, 0) is 4.79 Å². The molecule has 0 bridgehead atoms. The smallest absolute Gasteiger partial charge is 0.227 e. The fraction of sp³-hybridized carbons (Fsp3) is 0.364. The van der Waals surface area contributed by atoms with Gasteiger partial charge >= 0.3 is 0 Å². The molecule has 1 fully saturated rings. The van der Waals surface area contributed by atoms with Crippen molar-refractivity contribution in [1.29, 1.82) is 0 Å². The monoisotopic (exact) mass is 208 g/mol. The maximum Gasteiger partial charge on any atom is 0.227 e. The lowest BCUT2D eigenvalue weighted by atomic mass is 10.2. The van der Waals surface area contributed by atoms with Gasteiger partial charge in [0.15, 0.2) is 0 Å². The van der Waals surface area contributed by atoms with Crippen LogP contribution in [0.4, 0.5) is 15.8 Å². The molecule has 0 aliphatic heterocycles. The van der Waals surface area contributed by atoms with Gasteiger partial charge in [0.2, 0.25) is 5.91 Å². The van der Waals surface area contributed by atoms with E-state index in [0.29, 0.717) is 17.3 Å². The van der Waals surface area contributed by atoms with Gasteiger partial charge in [0.25, 0.3) is 0 Å². The van der Waals surface area contributed by atoms with Gasteiger partial charge in [-0.15, -0.1) is 0 Å². The van der Waals surface area contributed by atoms with E-state index < -0.39 is 5.82 Å². The number of nitrogens with one attached hydrogen (secondary N) is 1. The van der Waals surface area contributed by atoms with E-state index in [2.05, 4.69) is 5.32 Å². The molecule has 0 saturated heterocycles. The quantitative estimate of drug-likeness (QED) is 0.730. The first kappa shape index (κ1) is 9.96. The van der Waals surface area contributed by atoms with Crippen molar-refractivity contribution in [3.05, 3.63) is 24.0 Å². The third kappa shape index (κ3) is 2.26. The molecule has 1 aromatic carbocycles. The number of rotatable bonds is 2. The summed E-state index contributed by atoms with van der Waals surface area (Å²) in [5, 5.41) is 2.66. The molecule has 2 unspecified atom stereocenters. The van der Waals surface area contributed by atoms with Crippen LogP contribution in [0.25, 0.3) is 0 Å². The molecule has 3 N–H and O–H groups in total. The SMILES string of the molecule is CC1CC1C(=O)Nc1cc(N)cc(F)c1. The highest BCUT2D eigenvalue weighted by Crippen LogP contribution is 2.38. The number of amides is 1. The average Bonchev–Trinajstić information content (AvgIpc) is 2.80.